The number of aryl methyl sites for hydroxylation is 1. The summed E-state index contributed by atoms with van der Waals surface area (Å²) in [5.74, 6) is 1.38. The number of aliphatic hydroxyl groups excluding tert-OH is 1. The molecule has 168 valence electrons. The van der Waals surface area contributed by atoms with Gasteiger partial charge >= 0.3 is 0 Å². The fourth-order valence-electron chi connectivity index (χ4n) is 3.47. The zero-order valence-corrected chi connectivity index (χ0v) is 19.5. The third kappa shape index (κ3) is 6.84. The van der Waals surface area contributed by atoms with Crippen molar-refractivity contribution in [1.29, 1.82) is 0 Å². The molecule has 0 amide bonds. The van der Waals surface area contributed by atoms with Gasteiger partial charge in [0.2, 0.25) is 0 Å². The predicted molar refractivity (Wildman–Crippen MR) is 128 cm³/mol. The van der Waals surface area contributed by atoms with Crippen molar-refractivity contribution in [1.82, 2.24) is 0 Å². The van der Waals surface area contributed by atoms with Gasteiger partial charge in [-0.3, -0.25) is 9.59 Å². The standard InChI is InChI=1S/C25H33NO4S/c1-4-7-19-15-18(22(29)16-27)9-11-23(19)30-13-6-14-31-24-12-10-20(17(3)28)25(26)21(24)8-5-2/h9-12,15,27H,4-8,13-14,16,26H2,1-3H3. The van der Waals surface area contributed by atoms with Crippen LogP contribution in [0.3, 0.4) is 0 Å². The zero-order valence-electron chi connectivity index (χ0n) is 18.7. The monoisotopic (exact) mass is 443 g/mol. The van der Waals surface area contributed by atoms with E-state index in [4.69, 9.17) is 15.6 Å². The first kappa shape index (κ1) is 25.0. The molecule has 2 aromatic carbocycles. The molecule has 0 atom stereocenters. The molecule has 0 radical (unpaired) electrons. The summed E-state index contributed by atoms with van der Waals surface area (Å²) in [5, 5.41) is 9.08. The molecule has 5 nitrogen and oxygen atoms in total. The molecule has 0 saturated carbocycles. The summed E-state index contributed by atoms with van der Waals surface area (Å²) < 4.78 is 5.99. The fourth-order valence-corrected chi connectivity index (χ4v) is 4.50. The maximum absolute atomic E-state index is 11.8. The Kier molecular flexibility index (Phi) is 10.1. The highest BCUT2D eigenvalue weighted by Crippen LogP contribution is 2.32. The molecule has 0 saturated heterocycles. The Morgan fingerprint density at radius 2 is 1.84 bits per heavy atom. The topological polar surface area (TPSA) is 89.6 Å². The van der Waals surface area contributed by atoms with Crippen molar-refractivity contribution in [3.8, 4) is 5.75 Å². The molecule has 0 bridgehead atoms. The summed E-state index contributed by atoms with van der Waals surface area (Å²) in [4.78, 5) is 24.7. The van der Waals surface area contributed by atoms with Crippen molar-refractivity contribution in [2.75, 3.05) is 24.7 Å². The Balaban J connectivity index is 1.97. The molecule has 0 heterocycles. The van der Waals surface area contributed by atoms with Crippen molar-refractivity contribution in [3.63, 3.8) is 0 Å². The minimum atomic E-state index is -0.485. The summed E-state index contributed by atoms with van der Waals surface area (Å²) in [6.45, 7) is 5.82. The Morgan fingerprint density at radius 1 is 1.10 bits per heavy atom. The highest BCUT2D eigenvalue weighted by atomic mass is 32.2. The summed E-state index contributed by atoms with van der Waals surface area (Å²) >= 11 is 1.74. The van der Waals surface area contributed by atoms with Gasteiger partial charge in [-0.05, 0) is 67.6 Å². The molecule has 0 aliphatic carbocycles. The lowest BCUT2D eigenvalue weighted by atomic mass is 10.0. The van der Waals surface area contributed by atoms with Crippen LogP contribution in [0.4, 0.5) is 5.69 Å². The minimum Gasteiger partial charge on any atom is -0.493 e. The first-order chi connectivity index (χ1) is 14.9. The first-order valence-electron chi connectivity index (χ1n) is 10.9. The lowest BCUT2D eigenvalue weighted by Gasteiger charge is -2.15. The maximum atomic E-state index is 11.8. The summed E-state index contributed by atoms with van der Waals surface area (Å²) in [7, 11) is 0. The fraction of sp³-hybridized carbons (Fsp3) is 0.440. The number of hydrogen-bond donors (Lipinski definition) is 2. The van der Waals surface area contributed by atoms with E-state index in [-0.39, 0.29) is 11.6 Å². The number of benzene rings is 2. The molecule has 6 heteroatoms. The summed E-state index contributed by atoms with van der Waals surface area (Å²) in [5.41, 5.74) is 10.1. The van der Waals surface area contributed by atoms with Gasteiger partial charge in [0, 0.05) is 27.5 Å². The molecule has 3 N–H and O–H groups in total. The normalized spacial score (nSPS) is 10.8. The number of ether oxygens (including phenoxy) is 1. The van der Waals surface area contributed by atoms with Gasteiger partial charge in [-0.25, -0.2) is 0 Å². The van der Waals surface area contributed by atoms with Crippen LogP contribution in [0.1, 0.15) is 71.9 Å². The van der Waals surface area contributed by atoms with Crippen LogP contribution in [0.2, 0.25) is 0 Å². The van der Waals surface area contributed by atoms with E-state index in [9.17, 15) is 9.59 Å². The number of carbonyl (C=O) groups excluding carboxylic acids is 2. The van der Waals surface area contributed by atoms with Gasteiger partial charge in [0.25, 0.3) is 0 Å². The number of ketones is 2. The van der Waals surface area contributed by atoms with Crippen molar-refractivity contribution in [2.45, 2.75) is 57.8 Å². The largest absolute Gasteiger partial charge is 0.493 e. The highest BCUT2D eigenvalue weighted by Gasteiger charge is 2.14. The van der Waals surface area contributed by atoms with Crippen LogP contribution in [-0.2, 0) is 12.8 Å². The molecule has 2 aromatic rings. The average molecular weight is 444 g/mol. The van der Waals surface area contributed by atoms with E-state index in [0.717, 1.165) is 59.6 Å². The van der Waals surface area contributed by atoms with Crippen molar-refractivity contribution >= 4 is 29.0 Å². The smallest absolute Gasteiger partial charge is 0.188 e. The molecule has 0 spiro atoms. The number of anilines is 1. The van der Waals surface area contributed by atoms with Gasteiger partial charge in [0.15, 0.2) is 11.6 Å². The SMILES string of the molecule is CCCc1cc(C(=O)CO)ccc1OCCCSc1ccc(C(C)=O)c(N)c1CCC. The number of Topliss-reactive ketones (excluding diaryl/α,β-unsaturated/α-hetero) is 2. The third-order valence-electron chi connectivity index (χ3n) is 5.04. The van der Waals surface area contributed by atoms with E-state index in [1.54, 1.807) is 24.8 Å². The Labute approximate surface area is 189 Å². The van der Waals surface area contributed by atoms with Gasteiger partial charge in [-0.2, -0.15) is 0 Å². The van der Waals surface area contributed by atoms with Gasteiger partial charge in [-0.15, -0.1) is 11.8 Å². The van der Waals surface area contributed by atoms with E-state index >= 15 is 0 Å². The number of nitrogen functional groups attached to an aromatic ring is 1. The molecule has 2 rings (SSSR count). The Morgan fingerprint density at radius 3 is 2.48 bits per heavy atom. The van der Waals surface area contributed by atoms with Gasteiger partial charge in [-0.1, -0.05) is 26.7 Å². The van der Waals surface area contributed by atoms with E-state index in [0.29, 0.717) is 23.4 Å². The van der Waals surface area contributed by atoms with Crippen LogP contribution in [-0.4, -0.2) is 35.6 Å². The predicted octanol–water partition coefficient (Wildman–Crippen LogP) is 5.11. The Bertz CT molecular complexity index is 911. The lowest BCUT2D eigenvalue weighted by molar-refractivity contribution is 0.0903. The second-order valence-corrected chi connectivity index (χ2v) is 8.65. The van der Waals surface area contributed by atoms with Crippen LogP contribution in [0.15, 0.2) is 35.2 Å². The van der Waals surface area contributed by atoms with Crippen LogP contribution in [0, 0.1) is 0 Å². The number of carbonyl (C=O) groups is 2. The summed E-state index contributed by atoms with van der Waals surface area (Å²) in [6.07, 6.45) is 4.44. The van der Waals surface area contributed by atoms with Crippen LogP contribution >= 0.6 is 11.8 Å². The number of hydrogen-bond acceptors (Lipinski definition) is 6. The van der Waals surface area contributed by atoms with Crippen LogP contribution in [0.5, 0.6) is 5.75 Å². The Hall–Kier alpha value is -2.31. The van der Waals surface area contributed by atoms with Crippen molar-refractivity contribution in [2.24, 2.45) is 0 Å². The minimum absolute atomic E-state index is 0.00519. The maximum Gasteiger partial charge on any atom is 0.188 e. The quantitative estimate of drug-likeness (QED) is 0.193. The highest BCUT2D eigenvalue weighted by molar-refractivity contribution is 7.99. The van der Waals surface area contributed by atoms with E-state index in [1.165, 1.54) is 0 Å². The van der Waals surface area contributed by atoms with E-state index in [2.05, 4.69) is 13.8 Å². The molecule has 0 fully saturated rings. The molecule has 0 aliphatic heterocycles. The average Bonchev–Trinajstić information content (AvgIpc) is 2.75. The van der Waals surface area contributed by atoms with Gasteiger partial charge in [0.05, 0.1) is 6.61 Å². The van der Waals surface area contributed by atoms with Gasteiger partial charge < -0.3 is 15.6 Å². The molecular weight excluding hydrogens is 410 g/mol. The third-order valence-corrected chi connectivity index (χ3v) is 6.23. The lowest BCUT2D eigenvalue weighted by Crippen LogP contribution is -2.07. The van der Waals surface area contributed by atoms with Crippen LogP contribution in [0.25, 0.3) is 0 Å². The zero-order chi connectivity index (χ0) is 22.8. The molecule has 0 unspecified atom stereocenters. The number of aliphatic hydroxyl groups is 1. The molecule has 0 aliphatic rings. The molecule has 31 heavy (non-hydrogen) atoms. The molecular formula is C25H33NO4S. The number of thioether (sulfide) groups is 1. The van der Waals surface area contributed by atoms with Gasteiger partial charge in [0.1, 0.15) is 12.4 Å². The van der Waals surface area contributed by atoms with Crippen molar-refractivity contribution < 1.29 is 19.4 Å². The van der Waals surface area contributed by atoms with E-state index < -0.39 is 6.61 Å². The van der Waals surface area contributed by atoms with Crippen LogP contribution < -0.4 is 10.5 Å². The summed E-state index contributed by atoms with van der Waals surface area (Å²) in [6, 6.07) is 9.17. The van der Waals surface area contributed by atoms with E-state index in [1.807, 2.05) is 24.3 Å². The number of rotatable bonds is 13. The second-order valence-electron chi connectivity index (χ2n) is 7.51. The second kappa shape index (κ2) is 12.5. The van der Waals surface area contributed by atoms with Crippen molar-refractivity contribution in [3.05, 3.63) is 52.6 Å². The number of nitrogens with two attached hydrogens (primary N) is 1. The molecule has 0 aromatic heterocycles. The first-order valence-corrected chi connectivity index (χ1v) is 11.9.